The van der Waals surface area contributed by atoms with Crippen LogP contribution in [0, 0.1) is 0 Å². The fourth-order valence-corrected chi connectivity index (χ4v) is 1.13. The number of nitrogen functional groups attached to an aromatic ring is 1. The van der Waals surface area contributed by atoms with E-state index in [4.69, 9.17) is 10.5 Å². The van der Waals surface area contributed by atoms with Crippen LogP contribution in [-0.4, -0.2) is 15.2 Å². The molecule has 0 saturated carbocycles. The van der Waals surface area contributed by atoms with Gasteiger partial charge in [0, 0.05) is 11.8 Å². The zero-order valence-corrected chi connectivity index (χ0v) is 7.86. The van der Waals surface area contributed by atoms with Crippen molar-refractivity contribution >= 4 is 5.69 Å². The molecule has 0 radical (unpaired) electrons. The Morgan fingerprint density at radius 2 is 2.33 bits per heavy atom. The first-order valence-electron chi connectivity index (χ1n) is 4.36. The third-order valence-electron chi connectivity index (χ3n) is 1.78. The summed E-state index contributed by atoms with van der Waals surface area (Å²) in [7, 11) is 0. The summed E-state index contributed by atoms with van der Waals surface area (Å²) in [5, 5.41) is 5.95. The van der Waals surface area contributed by atoms with Crippen LogP contribution in [0.3, 0.4) is 0 Å². The molecule has 0 spiro atoms. The number of anilines is 1. The lowest BCUT2D eigenvalue weighted by atomic mass is 10.3. The van der Waals surface area contributed by atoms with Gasteiger partial charge in [0.25, 0.3) is 0 Å². The minimum absolute atomic E-state index is 0.197. The number of nitrogens with one attached hydrogen (secondary N) is 2. The van der Waals surface area contributed by atoms with Gasteiger partial charge in [-0.1, -0.05) is 6.07 Å². The maximum absolute atomic E-state index is 10.7. The lowest BCUT2D eigenvalue weighted by molar-refractivity contribution is 0.296. The highest BCUT2D eigenvalue weighted by molar-refractivity contribution is 5.43. The van der Waals surface area contributed by atoms with Crippen LogP contribution in [0.4, 0.5) is 5.69 Å². The molecule has 2 rings (SSSR count). The standard InChI is InChI=1S/C9H10N4O2/c10-6-2-1-3-7(4-6)15-5-8-11-9(14)13-12-8/h1-4H,5,10H2,(H2,11,12,13,14). The van der Waals surface area contributed by atoms with E-state index in [2.05, 4.69) is 15.2 Å². The predicted molar refractivity (Wildman–Crippen MR) is 54.4 cm³/mol. The van der Waals surface area contributed by atoms with Crippen LogP contribution in [0.2, 0.25) is 0 Å². The molecule has 2 aromatic rings. The molecule has 1 heterocycles. The van der Waals surface area contributed by atoms with Crippen LogP contribution < -0.4 is 16.2 Å². The van der Waals surface area contributed by atoms with Crippen molar-refractivity contribution in [3.8, 4) is 5.75 Å². The molecule has 6 nitrogen and oxygen atoms in total. The molecular weight excluding hydrogens is 196 g/mol. The van der Waals surface area contributed by atoms with Crippen LogP contribution in [0.1, 0.15) is 5.82 Å². The number of H-pyrrole nitrogens is 2. The number of nitrogens with zero attached hydrogens (tertiary/aromatic N) is 1. The number of hydrogen-bond acceptors (Lipinski definition) is 4. The first-order valence-corrected chi connectivity index (χ1v) is 4.36. The summed E-state index contributed by atoms with van der Waals surface area (Å²) in [5.41, 5.74) is 5.85. The van der Waals surface area contributed by atoms with E-state index in [-0.39, 0.29) is 12.3 Å². The molecule has 78 valence electrons. The molecule has 6 heteroatoms. The number of aromatic nitrogens is 3. The molecule has 0 aliphatic heterocycles. The fourth-order valence-electron chi connectivity index (χ4n) is 1.13. The van der Waals surface area contributed by atoms with Gasteiger partial charge in [-0.05, 0) is 12.1 Å². The molecule has 0 fully saturated rings. The second kappa shape index (κ2) is 3.87. The average molecular weight is 206 g/mol. The van der Waals surface area contributed by atoms with Gasteiger partial charge < -0.3 is 10.5 Å². The summed E-state index contributed by atoms with van der Waals surface area (Å²) in [6.07, 6.45) is 0. The maximum atomic E-state index is 10.7. The highest BCUT2D eigenvalue weighted by atomic mass is 16.5. The largest absolute Gasteiger partial charge is 0.486 e. The predicted octanol–water partition coefficient (Wildman–Crippen LogP) is 0.259. The van der Waals surface area contributed by atoms with E-state index in [1.165, 1.54) is 0 Å². The normalized spacial score (nSPS) is 10.1. The molecule has 0 aliphatic rings. The van der Waals surface area contributed by atoms with E-state index in [1.807, 2.05) is 0 Å². The average Bonchev–Trinajstić information content (AvgIpc) is 2.62. The smallest absolute Gasteiger partial charge is 0.340 e. The monoisotopic (exact) mass is 206 g/mol. The summed E-state index contributed by atoms with van der Waals surface area (Å²) in [4.78, 5) is 13.2. The maximum Gasteiger partial charge on any atom is 0.340 e. The van der Waals surface area contributed by atoms with E-state index in [0.717, 1.165) is 0 Å². The minimum Gasteiger partial charge on any atom is -0.486 e. The summed E-state index contributed by atoms with van der Waals surface area (Å²) >= 11 is 0. The Morgan fingerprint density at radius 3 is 3.00 bits per heavy atom. The van der Waals surface area contributed by atoms with Gasteiger partial charge in [-0.15, -0.1) is 0 Å². The Kier molecular flexibility index (Phi) is 2.40. The van der Waals surface area contributed by atoms with Crippen molar-refractivity contribution in [2.75, 3.05) is 5.73 Å². The molecule has 1 aromatic carbocycles. The van der Waals surface area contributed by atoms with Gasteiger partial charge in [-0.3, -0.25) is 4.98 Å². The molecular formula is C9H10N4O2. The molecule has 1 aromatic heterocycles. The Balaban J connectivity index is 2.02. The first kappa shape index (κ1) is 9.32. The SMILES string of the molecule is Nc1cccc(OCc2n[nH]c(=O)[nH]2)c1. The number of ether oxygens (including phenoxy) is 1. The summed E-state index contributed by atoms with van der Waals surface area (Å²) in [5.74, 6) is 1.08. The van der Waals surface area contributed by atoms with Crippen LogP contribution >= 0.6 is 0 Å². The Bertz CT molecular complexity index is 503. The van der Waals surface area contributed by atoms with Crippen molar-refractivity contribution in [1.82, 2.24) is 15.2 Å². The van der Waals surface area contributed by atoms with Gasteiger partial charge in [0.05, 0.1) is 0 Å². The second-order valence-electron chi connectivity index (χ2n) is 2.99. The van der Waals surface area contributed by atoms with E-state index in [9.17, 15) is 4.79 Å². The van der Waals surface area contributed by atoms with Gasteiger partial charge in [-0.25, -0.2) is 9.89 Å². The molecule has 4 N–H and O–H groups in total. The van der Waals surface area contributed by atoms with Gasteiger partial charge >= 0.3 is 5.69 Å². The number of rotatable bonds is 3. The minimum atomic E-state index is -0.346. The van der Waals surface area contributed by atoms with Crippen molar-refractivity contribution in [2.45, 2.75) is 6.61 Å². The Hall–Kier alpha value is -2.24. The zero-order valence-electron chi connectivity index (χ0n) is 7.86. The molecule has 0 atom stereocenters. The van der Waals surface area contributed by atoms with Crippen molar-refractivity contribution in [2.24, 2.45) is 0 Å². The summed E-state index contributed by atoms with van der Waals surface area (Å²) in [6.45, 7) is 0.197. The van der Waals surface area contributed by atoms with Gasteiger partial charge in [0.2, 0.25) is 0 Å². The third-order valence-corrected chi connectivity index (χ3v) is 1.78. The van der Waals surface area contributed by atoms with Crippen LogP contribution in [-0.2, 0) is 6.61 Å². The molecule has 0 aliphatic carbocycles. The highest BCUT2D eigenvalue weighted by Crippen LogP contribution is 2.14. The quantitative estimate of drug-likeness (QED) is 0.627. The molecule has 0 unspecified atom stereocenters. The number of hydrogen-bond donors (Lipinski definition) is 3. The van der Waals surface area contributed by atoms with Gasteiger partial charge in [-0.2, -0.15) is 5.10 Å². The van der Waals surface area contributed by atoms with Crippen molar-refractivity contribution in [1.29, 1.82) is 0 Å². The summed E-state index contributed by atoms with van der Waals surface area (Å²) < 4.78 is 5.35. The van der Waals surface area contributed by atoms with E-state index in [1.54, 1.807) is 24.3 Å². The Labute approximate surface area is 85.1 Å². The zero-order chi connectivity index (χ0) is 10.7. The van der Waals surface area contributed by atoms with E-state index >= 15 is 0 Å². The third kappa shape index (κ3) is 2.37. The van der Waals surface area contributed by atoms with E-state index in [0.29, 0.717) is 17.3 Å². The second-order valence-corrected chi connectivity index (χ2v) is 2.99. The highest BCUT2D eigenvalue weighted by Gasteiger charge is 1.99. The first-order chi connectivity index (χ1) is 7.24. The Morgan fingerprint density at radius 1 is 1.47 bits per heavy atom. The number of benzene rings is 1. The summed E-state index contributed by atoms with van der Waals surface area (Å²) in [6, 6.07) is 7.03. The fraction of sp³-hybridized carbons (Fsp3) is 0.111. The molecule has 0 amide bonds. The lowest BCUT2D eigenvalue weighted by Crippen LogP contribution is -2.03. The molecule has 0 saturated heterocycles. The van der Waals surface area contributed by atoms with Crippen molar-refractivity contribution < 1.29 is 4.74 Å². The van der Waals surface area contributed by atoms with Crippen LogP contribution in [0.5, 0.6) is 5.75 Å². The molecule has 15 heavy (non-hydrogen) atoms. The van der Waals surface area contributed by atoms with Gasteiger partial charge in [0.15, 0.2) is 5.82 Å². The van der Waals surface area contributed by atoms with Crippen molar-refractivity contribution in [3.05, 3.63) is 40.6 Å². The van der Waals surface area contributed by atoms with Crippen LogP contribution in [0.25, 0.3) is 0 Å². The topological polar surface area (TPSA) is 96.8 Å². The van der Waals surface area contributed by atoms with Gasteiger partial charge in [0.1, 0.15) is 12.4 Å². The van der Waals surface area contributed by atoms with Crippen LogP contribution in [0.15, 0.2) is 29.1 Å². The van der Waals surface area contributed by atoms with Crippen molar-refractivity contribution in [3.63, 3.8) is 0 Å². The van der Waals surface area contributed by atoms with E-state index < -0.39 is 0 Å². The molecule has 0 bridgehead atoms. The lowest BCUT2D eigenvalue weighted by Gasteiger charge is -2.03. The number of aromatic amines is 2. The number of nitrogens with two attached hydrogens (primary N) is 1.